The van der Waals surface area contributed by atoms with Crippen LogP contribution in [0.1, 0.15) is 110 Å². The largest absolute Gasteiger partial charge is 0.505 e. The Hall–Kier alpha value is -1.36. The normalized spacial score (nSPS) is 36.2. The number of unbranched alkanes of at least 4 members (excludes halogenated alkanes) is 7. The Balaban J connectivity index is 1.38. The van der Waals surface area contributed by atoms with Gasteiger partial charge in [0.25, 0.3) is 0 Å². The zero-order valence-corrected chi connectivity index (χ0v) is 22.1. The summed E-state index contributed by atoms with van der Waals surface area (Å²) in [5, 5.41) is 9.37. The summed E-state index contributed by atoms with van der Waals surface area (Å²) in [6.45, 7) is 5.67. The monoisotopic (exact) mass is 488 g/mol. The average Bonchev–Trinajstić information content (AvgIpc) is 3.19. The highest BCUT2D eigenvalue weighted by Crippen LogP contribution is 2.64. The van der Waals surface area contributed by atoms with E-state index in [0.717, 1.165) is 51.6 Å². The number of ether oxygens (including phenoxy) is 2. The molecule has 0 radical (unpaired) electrons. The second-order valence-corrected chi connectivity index (χ2v) is 12.1. The Morgan fingerprint density at radius 1 is 1.03 bits per heavy atom. The van der Waals surface area contributed by atoms with Crippen molar-refractivity contribution in [2.45, 2.75) is 116 Å². The average molecular weight is 489 g/mol. The van der Waals surface area contributed by atoms with E-state index in [1.165, 1.54) is 50.5 Å². The summed E-state index contributed by atoms with van der Waals surface area (Å²) in [4.78, 5) is 23.5. The van der Waals surface area contributed by atoms with E-state index in [-0.39, 0.29) is 18.1 Å². The van der Waals surface area contributed by atoms with Gasteiger partial charge in [0.2, 0.25) is 0 Å². The van der Waals surface area contributed by atoms with Crippen LogP contribution in [-0.4, -0.2) is 36.4 Å². The van der Waals surface area contributed by atoms with Crippen molar-refractivity contribution in [2.24, 2.45) is 35.0 Å². The number of rotatable bonds is 12. The number of fused-ring (bicyclic) bond motifs is 5. The SMILES string of the molecule is CCCCCCCCCCOC1CC[C@H]2[C@@H]3CCC4=CC(=O)CC[C@@H]4[C@H]3[C@@H](C)C[C@]12COC(=O)O. The third kappa shape index (κ3) is 5.97. The molecular formula is C30H48O5. The standard InChI is InChI=1S/C30H48O5/c1-3-4-5-6-7-8-9-10-17-34-27-16-15-26-25-13-11-22-18-23(31)12-14-24(22)28(25)21(2)19-30(26,27)20-35-29(32)33/h18,21,24-28H,3-17,19-20H2,1-2H3,(H,32,33)/t21-,24-,25-,26-,27?,28+,30+/m0/s1. The number of carbonyl (C=O) groups excluding carboxylic acids is 1. The number of carbonyl (C=O) groups is 2. The van der Waals surface area contributed by atoms with Crippen LogP contribution in [0.2, 0.25) is 0 Å². The van der Waals surface area contributed by atoms with Crippen LogP contribution in [0, 0.1) is 35.0 Å². The molecule has 5 heteroatoms. The van der Waals surface area contributed by atoms with Gasteiger partial charge in [0, 0.05) is 18.4 Å². The van der Waals surface area contributed by atoms with E-state index in [9.17, 15) is 14.7 Å². The third-order valence-corrected chi connectivity index (χ3v) is 10.0. The highest BCUT2D eigenvalue weighted by Gasteiger charge is 2.61. The van der Waals surface area contributed by atoms with Crippen LogP contribution < -0.4 is 0 Å². The number of hydrogen-bond acceptors (Lipinski definition) is 4. The fraction of sp³-hybridized carbons (Fsp3) is 0.867. The lowest BCUT2D eigenvalue weighted by Crippen LogP contribution is -2.54. The van der Waals surface area contributed by atoms with Crippen molar-refractivity contribution in [3.63, 3.8) is 0 Å². The van der Waals surface area contributed by atoms with Crippen LogP contribution in [0.25, 0.3) is 0 Å². The van der Waals surface area contributed by atoms with Crippen LogP contribution >= 0.6 is 0 Å². The minimum absolute atomic E-state index is 0.102. The van der Waals surface area contributed by atoms with Gasteiger partial charge in [-0.05, 0) is 80.6 Å². The van der Waals surface area contributed by atoms with E-state index < -0.39 is 6.16 Å². The zero-order valence-electron chi connectivity index (χ0n) is 22.1. The van der Waals surface area contributed by atoms with Crippen LogP contribution in [-0.2, 0) is 14.3 Å². The van der Waals surface area contributed by atoms with Crippen molar-refractivity contribution >= 4 is 11.9 Å². The van der Waals surface area contributed by atoms with Crippen LogP contribution in [0.3, 0.4) is 0 Å². The Morgan fingerprint density at radius 2 is 1.77 bits per heavy atom. The lowest BCUT2D eigenvalue weighted by Gasteiger charge is -2.57. The zero-order chi connectivity index (χ0) is 24.8. The summed E-state index contributed by atoms with van der Waals surface area (Å²) < 4.78 is 11.9. The minimum Gasteiger partial charge on any atom is -0.450 e. The second-order valence-electron chi connectivity index (χ2n) is 12.1. The molecule has 198 valence electrons. The molecular weight excluding hydrogens is 440 g/mol. The summed E-state index contributed by atoms with van der Waals surface area (Å²) in [7, 11) is 0. The van der Waals surface area contributed by atoms with Crippen molar-refractivity contribution in [2.75, 3.05) is 13.2 Å². The quantitative estimate of drug-likeness (QED) is 0.226. The smallest absolute Gasteiger partial charge is 0.450 e. The van der Waals surface area contributed by atoms with Gasteiger partial charge in [-0.1, -0.05) is 64.4 Å². The van der Waals surface area contributed by atoms with Gasteiger partial charge in [-0.3, -0.25) is 4.79 Å². The minimum atomic E-state index is -1.17. The predicted molar refractivity (Wildman–Crippen MR) is 137 cm³/mol. The highest BCUT2D eigenvalue weighted by atomic mass is 16.7. The molecule has 35 heavy (non-hydrogen) atoms. The fourth-order valence-electron chi connectivity index (χ4n) is 8.65. The Bertz CT molecular complexity index is 760. The van der Waals surface area contributed by atoms with Crippen molar-refractivity contribution < 1.29 is 24.2 Å². The lowest BCUT2D eigenvalue weighted by molar-refractivity contribution is -0.138. The first-order valence-corrected chi connectivity index (χ1v) is 14.7. The molecule has 0 aliphatic heterocycles. The maximum absolute atomic E-state index is 12.0. The number of carboxylic acid groups (broad SMARTS) is 1. The summed E-state index contributed by atoms with van der Waals surface area (Å²) in [6.07, 6.45) is 18.1. The van der Waals surface area contributed by atoms with Crippen molar-refractivity contribution in [3.05, 3.63) is 11.6 Å². The maximum Gasteiger partial charge on any atom is 0.505 e. The molecule has 0 bridgehead atoms. The van der Waals surface area contributed by atoms with Gasteiger partial charge in [-0.25, -0.2) is 4.79 Å². The molecule has 0 aromatic rings. The number of allylic oxidation sites excluding steroid dienone is 1. The molecule has 4 aliphatic carbocycles. The first kappa shape index (κ1) is 26.7. The molecule has 4 rings (SSSR count). The van der Waals surface area contributed by atoms with E-state index in [0.29, 0.717) is 41.8 Å². The number of hydrogen-bond donors (Lipinski definition) is 1. The van der Waals surface area contributed by atoms with Crippen molar-refractivity contribution in [1.82, 2.24) is 0 Å². The first-order valence-electron chi connectivity index (χ1n) is 14.7. The topological polar surface area (TPSA) is 72.8 Å². The summed E-state index contributed by atoms with van der Waals surface area (Å²) in [6, 6.07) is 0. The molecule has 7 atom stereocenters. The third-order valence-electron chi connectivity index (χ3n) is 10.0. The molecule has 3 saturated carbocycles. The van der Waals surface area contributed by atoms with Gasteiger partial charge in [0.05, 0.1) is 6.10 Å². The molecule has 1 N–H and O–H groups in total. The van der Waals surface area contributed by atoms with Crippen molar-refractivity contribution in [1.29, 1.82) is 0 Å². The van der Waals surface area contributed by atoms with E-state index in [2.05, 4.69) is 13.8 Å². The van der Waals surface area contributed by atoms with Gasteiger partial charge in [0.1, 0.15) is 6.61 Å². The summed E-state index contributed by atoms with van der Waals surface area (Å²) in [5.41, 5.74) is 1.20. The molecule has 1 unspecified atom stereocenters. The molecule has 0 heterocycles. The molecule has 4 aliphatic rings. The van der Waals surface area contributed by atoms with Crippen LogP contribution in [0.4, 0.5) is 4.79 Å². The van der Waals surface area contributed by atoms with Crippen LogP contribution in [0.15, 0.2) is 11.6 Å². The summed E-state index contributed by atoms with van der Waals surface area (Å²) >= 11 is 0. The first-order chi connectivity index (χ1) is 17.0. The maximum atomic E-state index is 12.0. The lowest BCUT2D eigenvalue weighted by atomic mass is 9.49. The molecule has 0 saturated heterocycles. The van der Waals surface area contributed by atoms with Crippen LogP contribution in [0.5, 0.6) is 0 Å². The molecule has 0 amide bonds. The molecule has 5 nitrogen and oxygen atoms in total. The Morgan fingerprint density at radius 3 is 2.51 bits per heavy atom. The van der Waals surface area contributed by atoms with Gasteiger partial charge in [0.15, 0.2) is 5.78 Å². The predicted octanol–water partition coefficient (Wildman–Crippen LogP) is 7.57. The number of ketones is 1. The Labute approximate surface area is 212 Å². The van der Waals surface area contributed by atoms with Gasteiger partial charge in [-0.2, -0.15) is 0 Å². The fourth-order valence-corrected chi connectivity index (χ4v) is 8.65. The van der Waals surface area contributed by atoms with Gasteiger partial charge < -0.3 is 14.6 Å². The second kappa shape index (κ2) is 12.3. The van der Waals surface area contributed by atoms with Gasteiger partial charge >= 0.3 is 6.16 Å². The molecule has 0 aromatic heterocycles. The van der Waals surface area contributed by atoms with Gasteiger partial charge in [-0.15, -0.1) is 0 Å². The molecule has 0 spiro atoms. The van der Waals surface area contributed by atoms with E-state index in [1.54, 1.807) is 0 Å². The van der Waals surface area contributed by atoms with E-state index >= 15 is 0 Å². The summed E-state index contributed by atoms with van der Waals surface area (Å²) in [5.74, 6) is 2.99. The molecule has 3 fully saturated rings. The van der Waals surface area contributed by atoms with E-state index in [4.69, 9.17) is 9.47 Å². The van der Waals surface area contributed by atoms with E-state index in [1.807, 2.05) is 6.08 Å². The van der Waals surface area contributed by atoms with Crippen molar-refractivity contribution in [3.8, 4) is 0 Å². The highest BCUT2D eigenvalue weighted by molar-refractivity contribution is 5.91. The molecule has 0 aromatic carbocycles. The Kier molecular flexibility index (Phi) is 9.35.